The van der Waals surface area contributed by atoms with Crippen LogP contribution < -0.4 is 5.56 Å². The smallest absolute Gasteiger partial charge is 0.291 e. The van der Waals surface area contributed by atoms with Crippen molar-refractivity contribution < 1.29 is 4.79 Å². The van der Waals surface area contributed by atoms with Crippen molar-refractivity contribution in [2.24, 2.45) is 7.05 Å². The van der Waals surface area contributed by atoms with Gasteiger partial charge in [-0.15, -0.1) is 0 Å². The Morgan fingerprint density at radius 2 is 1.75 bits per heavy atom. The van der Waals surface area contributed by atoms with E-state index < -0.39 is 0 Å². The van der Waals surface area contributed by atoms with E-state index in [-0.39, 0.29) is 18.0 Å². The Kier molecular flexibility index (Phi) is 4.69. The van der Waals surface area contributed by atoms with E-state index in [4.69, 9.17) is 0 Å². The van der Waals surface area contributed by atoms with Gasteiger partial charge in [-0.2, -0.15) is 5.10 Å². The molecule has 0 unspecified atom stereocenters. The maximum Gasteiger partial charge on any atom is 0.291 e. The molecule has 0 saturated heterocycles. The molecule has 0 aliphatic carbocycles. The first-order valence-corrected chi connectivity index (χ1v) is 9.35. The molecule has 0 aliphatic rings. The predicted octanol–water partition coefficient (Wildman–Crippen LogP) is 2.94. The molecule has 0 spiro atoms. The minimum absolute atomic E-state index is 0.0724. The summed E-state index contributed by atoms with van der Waals surface area (Å²) in [5.74, 6) is -0.126. The number of carbonyl (C=O) groups is 1. The van der Waals surface area contributed by atoms with E-state index >= 15 is 0 Å². The summed E-state index contributed by atoms with van der Waals surface area (Å²) in [7, 11) is 1.87. The Morgan fingerprint density at radius 1 is 1.04 bits per heavy atom. The molecule has 0 aliphatic heterocycles. The third kappa shape index (κ3) is 3.07. The standard InChI is InChI=1S/C22H22N4O2/c1-3-25(14-16-9-5-4-6-10-16)20(27)15-26-22(28)21-18(13-23-26)17-11-7-8-12-19(17)24(21)2/h4-13H,3,14-15H2,1-2H3. The SMILES string of the molecule is CCN(Cc1ccccc1)C(=O)Cn1ncc2c3ccccc3n(C)c2c1=O. The van der Waals surface area contributed by atoms with E-state index in [1.165, 1.54) is 4.68 Å². The summed E-state index contributed by atoms with van der Waals surface area (Å²) in [5, 5.41) is 6.07. The second kappa shape index (κ2) is 7.31. The molecule has 28 heavy (non-hydrogen) atoms. The van der Waals surface area contributed by atoms with Gasteiger partial charge in [-0.25, -0.2) is 4.68 Å². The lowest BCUT2D eigenvalue weighted by Crippen LogP contribution is -2.37. The molecule has 4 aromatic rings. The number of aromatic nitrogens is 3. The Hall–Kier alpha value is -3.41. The van der Waals surface area contributed by atoms with Gasteiger partial charge in [0.05, 0.1) is 6.20 Å². The van der Waals surface area contributed by atoms with E-state index in [1.54, 1.807) is 11.1 Å². The van der Waals surface area contributed by atoms with Crippen LogP contribution in [0.15, 0.2) is 65.6 Å². The van der Waals surface area contributed by atoms with Crippen molar-refractivity contribution in [2.75, 3.05) is 6.54 Å². The van der Waals surface area contributed by atoms with Crippen LogP contribution in [-0.2, 0) is 24.9 Å². The Bertz CT molecular complexity index is 1210. The van der Waals surface area contributed by atoms with Gasteiger partial charge in [-0.05, 0) is 18.6 Å². The van der Waals surface area contributed by atoms with Crippen LogP contribution in [0.1, 0.15) is 12.5 Å². The van der Waals surface area contributed by atoms with Crippen molar-refractivity contribution in [2.45, 2.75) is 20.0 Å². The first-order valence-electron chi connectivity index (χ1n) is 9.35. The zero-order valence-electron chi connectivity index (χ0n) is 16.0. The maximum absolute atomic E-state index is 13.0. The molecule has 142 valence electrons. The molecule has 0 bridgehead atoms. The van der Waals surface area contributed by atoms with Gasteiger partial charge in [0.15, 0.2) is 0 Å². The normalized spacial score (nSPS) is 11.2. The molecule has 2 aromatic heterocycles. The summed E-state index contributed by atoms with van der Waals surface area (Å²) in [5.41, 5.74) is 2.34. The minimum atomic E-state index is -0.250. The van der Waals surface area contributed by atoms with Gasteiger partial charge in [0.2, 0.25) is 5.91 Å². The lowest BCUT2D eigenvalue weighted by molar-refractivity contribution is -0.132. The van der Waals surface area contributed by atoms with Crippen LogP contribution in [0.3, 0.4) is 0 Å². The Morgan fingerprint density at radius 3 is 2.50 bits per heavy atom. The first kappa shape index (κ1) is 18.0. The van der Waals surface area contributed by atoms with Gasteiger partial charge < -0.3 is 9.47 Å². The fourth-order valence-corrected chi connectivity index (χ4v) is 3.63. The highest BCUT2D eigenvalue weighted by Gasteiger charge is 2.17. The maximum atomic E-state index is 13.0. The van der Waals surface area contributed by atoms with E-state index in [0.717, 1.165) is 21.9 Å². The van der Waals surface area contributed by atoms with Crippen molar-refractivity contribution in [3.05, 3.63) is 76.7 Å². The number of para-hydroxylation sites is 1. The first-order chi connectivity index (χ1) is 13.6. The predicted molar refractivity (Wildman–Crippen MR) is 110 cm³/mol. The summed E-state index contributed by atoms with van der Waals surface area (Å²) >= 11 is 0. The zero-order valence-corrected chi connectivity index (χ0v) is 16.0. The number of rotatable bonds is 5. The molecule has 6 heteroatoms. The number of fused-ring (bicyclic) bond motifs is 3. The zero-order chi connectivity index (χ0) is 19.7. The highest BCUT2D eigenvalue weighted by atomic mass is 16.2. The van der Waals surface area contributed by atoms with E-state index in [2.05, 4.69) is 5.10 Å². The van der Waals surface area contributed by atoms with Crippen LogP contribution in [0.25, 0.3) is 21.8 Å². The number of nitrogens with zero attached hydrogens (tertiary/aromatic N) is 4. The van der Waals surface area contributed by atoms with Gasteiger partial charge in [-0.3, -0.25) is 9.59 Å². The van der Waals surface area contributed by atoms with Crippen LogP contribution in [-0.4, -0.2) is 31.7 Å². The van der Waals surface area contributed by atoms with Gasteiger partial charge >= 0.3 is 0 Å². The second-order valence-corrected chi connectivity index (χ2v) is 6.84. The van der Waals surface area contributed by atoms with Crippen molar-refractivity contribution in [1.82, 2.24) is 19.2 Å². The molecule has 4 rings (SSSR count). The van der Waals surface area contributed by atoms with Gasteiger partial charge in [-0.1, -0.05) is 48.5 Å². The summed E-state index contributed by atoms with van der Waals surface area (Å²) in [6.07, 6.45) is 1.68. The number of aryl methyl sites for hydroxylation is 1. The van der Waals surface area contributed by atoms with Gasteiger partial charge in [0.25, 0.3) is 5.56 Å². The molecule has 0 saturated carbocycles. The highest BCUT2D eigenvalue weighted by molar-refractivity contribution is 6.07. The Balaban J connectivity index is 1.66. The molecule has 0 N–H and O–H groups in total. The van der Waals surface area contributed by atoms with Crippen LogP contribution in [0.2, 0.25) is 0 Å². The molecule has 1 amide bonds. The summed E-state index contributed by atoms with van der Waals surface area (Å²) < 4.78 is 3.13. The molecule has 2 aromatic carbocycles. The van der Waals surface area contributed by atoms with Crippen molar-refractivity contribution in [3.8, 4) is 0 Å². The quantitative estimate of drug-likeness (QED) is 0.540. The van der Waals surface area contributed by atoms with Crippen LogP contribution in [0.5, 0.6) is 0 Å². The third-order valence-corrected chi connectivity index (χ3v) is 5.15. The summed E-state index contributed by atoms with van der Waals surface area (Å²) in [6, 6.07) is 17.7. The van der Waals surface area contributed by atoms with Crippen molar-refractivity contribution in [1.29, 1.82) is 0 Å². The third-order valence-electron chi connectivity index (χ3n) is 5.15. The Labute approximate surface area is 162 Å². The lowest BCUT2D eigenvalue weighted by Gasteiger charge is -2.21. The fourth-order valence-electron chi connectivity index (χ4n) is 3.63. The molecule has 6 nitrogen and oxygen atoms in total. The number of likely N-dealkylation sites (N-methyl/N-ethyl adjacent to an activating group) is 1. The van der Waals surface area contributed by atoms with Crippen LogP contribution in [0.4, 0.5) is 0 Å². The molecular weight excluding hydrogens is 352 g/mol. The van der Waals surface area contributed by atoms with Crippen LogP contribution in [0, 0.1) is 0 Å². The number of carbonyl (C=O) groups excluding carboxylic acids is 1. The number of amides is 1. The second-order valence-electron chi connectivity index (χ2n) is 6.84. The van der Waals surface area contributed by atoms with Crippen molar-refractivity contribution in [3.63, 3.8) is 0 Å². The minimum Gasteiger partial charge on any atom is -0.339 e. The number of hydrogen-bond donors (Lipinski definition) is 0. The average Bonchev–Trinajstić information content (AvgIpc) is 3.02. The average molecular weight is 374 g/mol. The molecular formula is C22H22N4O2. The summed E-state index contributed by atoms with van der Waals surface area (Å²) in [4.78, 5) is 27.6. The lowest BCUT2D eigenvalue weighted by atomic mass is 10.2. The van der Waals surface area contributed by atoms with Gasteiger partial charge in [0, 0.05) is 36.4 Å². The van der Waals surface area contributed by atoms with E-state index in [9.17, 15) is 9.59 Å². The van der Waals surface area contributed by atoms with Crippen molar-refractivity contribution >= 4 is 27.7 Å². The molecule has 2 heterocycles. The van der Waals surface area contributed by atoms with E-state index in [1.807, 2.05) is 73.1 Å². The number of hydrogen-bond acceptors (Lipinski definition) is 3. The number of benzene rings is 2. The molecule has 0 radical (unpaired) electrons. The van der Waals surface area contributed by atoms with E-state index in [0.29, 0.717) is 18.6 Å². The van der Waals surface area contributed by atoms with Gasteiger partial charge in [0.1, 0.15) is 12.1 Å². The largest absolute Gasteiger partial charge is 0.339 e. The highest BCUT2D eigenvalue weighted by Crippen LogP contribution is 2.24. The topological polar surface area (TPSA) is 60.1 Å². The molecule has 0 atom stereocenters. The molecule has 0 fully saturated rings. The summed E-state index contributed by atoms with van der Waals surface area (Å²) in [6.45, 7) is 2.95. The fraction of sp³-hybridized carbons (Fsp3) is 0.227. The van der Waals surface area contributed by atoms with Crippen LogP contribution >= 0.6 is 0 Å². The monoisotopic (exact) mass is 374 g/mol.